The van der Waals surface area contributed by atoms with Crippen LogP contribution in [0.3, 0.4) is 0 Å². The van der Waals surface area contributed by atoms with Gasteiger partial charge in [0.25, 0.3) is 0 Å². The van der Waals surface area contributed by atoms with Crippen LogP contribution in [0.5, 0.6) is 0 Å². The maximum atomic E-state index is 12.8. The van der Waals surface area contributed by atoms with Gasteiger partial charge in [-0.25, -0.2) is 4.39 Å². The Bertz CT molecular complexity index is 607. The Morgan fingerprint density at radius 2 is 2.16 bits per heavy atom. The lowest BCUT2D eigenvalue weighted by molar-refractivity contribution is -0.117. The fourth-order valence-electron chi connectivity index (χ4n) is 2.16. The molecule has 1 fully saturated rings. The zero-order valence-electron chi connectivity index (χ0n) is 10.4. The normalized spacial score (nSPS) is 21.2. The van der Waals surface area contributed by atoms with Gasteiger partial charge in [0, 0.05) is 13.0 Å². The molecule has 1 aliphatic carbocycles. The van der Waals surface area contributed by atoms with Crippen molar-refractivity contribution in [3.8, 4) is 0 Å². The third-order valence-electron chi connectivity index (χ3n) is 3.37. The number of nitrogens with one attached hydrogen (secondary N) is 1. The molecule has 1 saturated carbocycles. The molecular weight excluding hydrogens is 247 g/mol. The Labute approximate surface area is 109 Å². The summed E-state index contributed by atoms with van der Waals surface area (Å²) in [6.45, 7) is 0. The maximum absolute atomic E-state index is 12.8. The van der Waals surface area contributed by atoms with E-state index >= 15 is 0 Å². The maximum Gasteiger partial charge on any atom is 0.230 e. The molecular formula is C13H13FN4O. The van der Waals surface area contributed by atoms with E-state index in [0.717, 1.165) is 12.0 Å². The molecule has 2 atom stereocenters. The van der Waals surface area contributed by atoms with Crippen molar-refractivity contribution in [1.82, 2.24) is 14.8 Å². The molecule has 5 nitrogen and oxygen atoms in total. The van der Waals surface area contributed by atoms with Crippen molar-refractivity contribution in [1.29, 1.82) is 0 Å². The first-order valence-electron chi connectivity index (χ1n) is 6.05. The van der Waals surface area contributed by atoms with Gasteiger partial charge in [-0.2, -0.15) is 0 Å². The van der Waals surface area contributed by atoms with E-state index < -0.39 is 0 Å². The third-order valence-corrected chi connectivity index (χ3v) is 3.37. The number of halogens is 1. The SMILES string of the molecule is Cn1cnnc1NC(=O)[C@@H]1C[C@H]1c1ccc(F)cc1. The summed E-state index contributed by atoms with van der Waals surface area (Å²) in [6.07, 6.45) is 2.31. The Hall–Kier alpha value is -2.24. The molecule has 0 radical (unpaired) electrons. The number of carbonyl (C=O) groups is 1. The molecule has 19 heavy (non-hydrogen) atoms. The van der Waals surface area contributed by atoms with Crippen LogP contribution in [0, 0.1) is 11.7 Å². The van der Waals surface area contributed by atoms with Gasteiger partial charge in [0.2, 0.25) is 11.9 Å². The minimum atomic E-state index is -0.260. The molecule has 0 aliphatic heterocycles. The summed E-state index contributed by atoms with van der Waals surface area (Å²) in [4.78, 5) is 12.0. The topological polar surface area (TPSA) is 59.8 Å². The lowest BCUT2D eigenvalue weighted by Gasteiger charge is -2.03. The highest BCUT2D eigenvalue weighted by atomic mass is 19.1. The molecule has 1 aromatic carbocycles. The summed E-state index contributed by atoms with van der Waals surface area (Å²) in [5.74, 6) is 0.223. The Morgan fingerprint density at radius 1 is 1.42 bits per heavy atom. The number of aromatic nitrogens is 3. The summed E-state index contributed by atoms with van der Waals surface area (Å²) in [5, 5.41) is 10.2. The molecule has 1 aliphatic rings. The van der Waals surface area contributed by atoms with Crippen molar-refractivity contribution >= 4 is 11.9 Å². The van der Waals surface area contributed by atoms with Crippen LogP contribution in [0.15, 0.2) is 30.6 Å². The summed E-state index contributed by atoms with van der Waals surface area (Å²) in [6, 6.07) is 6.31. The molecule has 0 bridgehead atoms. The highest BCUT2D eigenvalue weighted by Gasteiger charge is 2.44. The molecule has 1 heterocycles. The fraction of sp³-hybridized carbons (Fsp3) is 0.308. The Morgan fingerprint density at radius 3 is 2.79 bits per heavy atom. The zero-order valence-corrected chi connectivity index (χ0v) is 10.4. The number of hydrogen-bond donors (Lipinski definition) is 1. The van der Waals surface area contributed by atoms with Gasteiger partial charge in [-0.15, -0.1) is 10.2 Å². The van der Waals surface area contributed by atoms with Crippen LogP contribution in [-0.4, -0.2) is 20.7 Å². The van der Waals surface area contributed by atoms with Crippen molar-refractivity contribution in [2.45, 2.75) is 12.3 Å². The first kappa shape index (κ1) is 11.8. The fourth-order valence-corrected chi connectivity index (χ4v) is 2.16. The second kappa shape index (κ2) is 4.46. The first-order valence-corrected chi connectivity index (χ1v) is 6.05. The third kappa shape index (κ3) is 2.33. The molecule has 2 aromatic rings. The summed E-state index contributed by atoms with van der Waals surface area (Å²) in [7, 11) is 1.76. The van der Waals surface area contributed by atoms with Crippen LogP contribution in [0.25, 0.3) is 0 Å². The van der Waals surface area contributed by atoms with Crippen molar-refractivity contribution in [3.63, 3.8) is 0 Å². The molecule has 0 unspecified atom stereocenters. The van der Waals surface area contributed by atoms with Crippen LogP contribution < -0.4 is 5.32 Å². The van der Waals surface area contributed by atoms with E-state index in [1.807, 2.05) is 0 Å². The van der Waals surface area contributed by atoms with Crippen molar-refractivity contribution < 1.29 is 9.18 Å². The second-order valence-corrected chi connectivity index (χ2v) is 4.75. The zero-order chi connectivity index (χ0) is 13.4. The monoisotopic (exact) mass is 260 g/mol. The average molecular weight is 260 g/mol. The minimum absolute atomic E-state index is 0.0644. The van der Waals surface area contributed by atoms with Gasteiger partial charge >= 0.3 is 0 Å². The molecule has 3 rings (SSSR count). The molecule has 0 spiro atoms. The van der Waals surface area contributed by atoms with Crippen LogP contribution in [0.4, 0.5) is 10.3 Å². The molecule has 1 N–H and O–H groups in total. The van der Waals surface area contributed by atoms with E-state index in [0.29, 0.717) is 5.95 Å². The van der Waals surface area contributed by atoms with Gasteiger partial charge < -0.3 is 4.57 Å². The number of hydrogen-bond acceptors (Lipinski definition) is 3. The summed E-state index contributed by atoms with van der Waals surface area (Å²) >= 11 is 0. The van der Waals surface area contributed by atoms with Gasteiger partial charge in [-0.1, -0.05) is 12.1 Å². The lowest BCUT2D eigenvalue weighted by atomic mass is 10.1. The number of aryl methyl sites for hydroxylation is 1. The number of nitrogens with zero attached hydrogens (tertiary/aromatic N) is 3. The van der Waals surface area contributed by atoms with Crippen LogP contribution in [0.2, 0.25) is 0 Å². The largest absolute Gasteiger partial charge is 0.303 e. The van der Waals surface area contributed by atoms with Gasteiger partial charge in [-0.05, 0) is 30.0 Å². The standard InChI is InChI=1S/C13H13FN4O/c1-18-7-15-17-13(18)16-12(19)11-6-10(11)8-2-4-9(14)5-3-8/h2-5,7,10-11H,6H2,1H3,(H,16,17,19)/t10-,11+/m0/s1. The van der Waals surface area contributed by atoms with Gasteiger partial charge in [-0.3, -0.25) is 10.1 Å². The quantitative estimate of drug-likeness (QED) is 0.913. The van der Waals surface area contributed by atoms with Gasteiger partial charge in [0.15, 0.2) is 0 Å². The van der Waals surface area contributed by atoms with Gasteiger partial charge in [0.1, 0.15) is 12.1 Å². The van der Waals surface area contributed by atoms with E-state index in [-0.39, 0.29) is 23.6 Å². The van der Waals surface area contributed by atoms with E-state index in [1.165, 1.54) is 18.5 Å². The Kier molecular flexibility index (Phi) is 2.77. The number of amides is 1. The predicted molar refractivity (Wildman–Crippen MR) is 66.9 cm³/mol. The second-order valence-electron chi connectivity index (χ2n) is 4.75. The van der Waals surface area contributed by atoms with E-state index in [4.69, 9.17) is 0 Å². The molecule has 0 saturated heterocycles. The van der Waals surface area contributed by atoms with E-state index in [2.05, 4.69) is 15.5 Å². The first-order chi connectivity index (χ1) is 9.15. The molecule has 1 aromatic heterocycles. The van der Waals surface area contributed by atoms with Crippen LogP contribution in [-0.2, 0) is 11.8 Å². The van der Waals surface area contributed by atoms with Crippen LogP contribution >= 0.6 is 0 Å². The lowest BCUT2D eigenvalue weighted by Crippen LogP contribution is -2.17. The highest BCUT2D eigenvalue weighted by molar-refractivity contribution is 5.93. The highest BCUT2D eigenvalue weighted by Crippen LogP contribution is 2.47. The Balaban J connectivity index is 1.65. The molecule has 6 heteroatoms. The minimum Gasteiger partial charge on any atom is -0.303 e. The molecule has 98 valence electrons. The van der Waals surface area contributed by atoms with Crippen molar-refractivity contribution in [2.75, 3.05) is 5.32 Å². The number of anilines is 1. The number of benzene rings is 1. The van der Waals surface area contributed by atoms with Gasteiger partial charge in [0.05, 0.1) is 0 Å². The van der Waals surface area contributed by atoms with E-state index in [9.17, 15) is 9.18 Å². The number of rotatable bonds is 3. The van der Waals surface area contributed by atoms with Crippen molar-refractivity contribution in [2.24, 2.45) is 13.0 Å². The molecule has 1 amide bonds. The average Bonchev–Trinajstić information content (AvgIpc) is 3.10. The smallest absolute Gasteiger partial charge is 0.230 e. The number of carbonyl (C=O) groups excluding carboxylic acids is 1. The summed E-state index contributed by atoms with van der Waals surface area (Å²) < 4.78 is 14.5. The van der Waals surface area contributed by atoms with Crippen LogP contribution in [0.1, 0.15) is 17.9 Å². The predicted octanol–water partition coefficient (Wildman–Crippen LogP) is 1.70. The van der Waals surface area contributed by atoms with Crippen molar-refractivity contribution in [3.05, 3.63) is 42.0 Å². The summed E-state index contributed by atoms with van der Waals surface area (Å²) in [5.41, 5.74) is 1.000. The van der Waals surface area contributed by atoms with E-state index in [1.54, 1.807) is 23.7 Å².